The molecule has 0 atom stereocenters. The van der Waals surface area contributed by atoms with E-state index in [1.807, 2.05) is 31.2 Å². The zero-order valence-corrected chi connectivity index (χ0v) is 13.7. The van der Waals surface area contributed by atoms with E-state index in [1.54, 1.807) is 0 Å². The summed E-state index contributed by atoms with van der Waals surface area (Å²) in [6.07, 6.45) is 0. The average Bonchev–Trinajstić information content (AvgIpc) is 2.98. The highest BCUT2D eigenvalue weighted by molar-refractivity contribution is 5.80. The van der Waals surface area contributed by atoms with Crippen LogP contribution in [0, 0.1) is 0 Å². The normalized spacial score (nSPS) is 14.0. The van der Waals surface area contributed by atoms with Crippen molar-refractivity contribution in [3.8, 4) is 5.75 Å². The van der Waals surface area contributed by atoms with Gasteiger partial charge in [-0.25, -0.2) is 0 Å². The number of hydrogen-bond donors (Lipinski definition) is 1. The van der Waals surface area contributed by atoms with Crippen LogP contribution < -0.4 is 10.3 Å². The van der Waals surface area contributed by atoms with Crippen LogP contribution in [-0.2, 0) is 19.6 Å². The number of ether oxygens (including phenoxy) is 1. The lowest BCUT2D eigenvalue weighted by Gasteiger charge is -2.14. The first kappa shape index (κ1) is 15.0. The molecule has 0 bridgehead atoms. The van der Waals surface area contributed by atoms with Gasteiger partial charge in [-0.15, -0.1) is 0 Å². The monoisotopic (exact) mass is 320 g/mol. The first-order valence-electron chi connectivity index (χ1n) is 8.31. The van der Waals surface area contributed by atoms with Gasteiger partial charge in [0.05, 0.1) is 6.61 Å². The van der Waals surface area contributed by atoms with Gasteiger partial charge in [-0.1, -0.05) is 24.3 Å². The number of H-pyrrole nitrogens is 1. The molecule has 4 heteroatoms. The molecule has 2 aromatic carbocycles. The Kier molecular flexibility index (Phi) is 3.82. The number of rotatable bonds is 4. The molecule has 0 radical (unpaired) electrons. The van der Waals surface area contributed by atoms with E-state index in [-0.39, 0.29) is 5.56 Å². The second kappa shape index (κ2) is 6.13. The molecule has 1 aliphatic heterocycles. The van der Waals surface area contributed by atoms with Crippen molar-refractivity contribution >= 4 is 10.9 Å². The summed E-state index contributed by atoms with van der Waals surface area (Å²) in [5, 5.41) is 1.01. The highest BCUT2D eigenvalue weighted by Gasteiger charge is 2.19. The van der Waals surface area contributed by atoms with Crippen LogP contribution in [0.1, 0.15) is 23.6 Å². The lowest BCUT2D eigenvalue weighted by atomic mass is 10.1. The minimum atomic E-state index is -0.0115. The van der Waals surface area contributed by atoms with Crippen molar-refractivity contribution in [2.45, 2.75) is 26.6 Å². The van der Waals surface area contributed by atoms with Gasteiger partial charge in [-0.05, 0) is 42.3 Å². The van der Waals surface area contributed by atoms with Gasteiger partial charge < -0.3 is 9.72 Å². The van der Waals surface area contributed by atoms with Crippen LogP contribution in [0.5, 0.6) is 5.75 Å². The van der Waals surface area contributed by atoms with Gasteiger partial charge in [-0.3, -0.25) is 9.69 Å². The number of pyridine rings is 1. The van der Waals surface area contributed by atoms with Crippen LogP contribution >= 0.6 is 0 Å². The SMILES string of the molecule is CCOc1ccc2[nH]c(=O)c(CN3Cc4ccccc4C3)cc2c1. The van der Waals surface area contributed by atoms with E-state index in [9.17, 15) is 4.79 Å². The maximum absolute atomic E-state index is 12.4. The molecule has 0 fully saturated rings. The molecular weight excluding hydrogens is 300 g/mol. The van der Waals surface area contributed by atoms with Crippen molar-refractivity contribution in [1.29, 1.82) is 0 Å². The summed E-state index contributed by atoms with van der Waals surface area (Å²) in [5.74, 6) is 0.830. The molecule has 3 aromatic rings. The molecule has 4 nitrogen and oxygen atoms in total. The highest BCUT2D eigenvalue weighted by Crippen LogP contribution is 2.24. The predicted molar refractivity (Wildman–Crippen MR) is 95.1 cm³/mol. The molecule has 0 saturated heterocycles. The molecule has 1 aliphatic rings. The molecule has 24 heavy (non-hydrogen) atoms. The first-order chi connectivity index (χ1) is 11.7. The first-order valence-corrected chi connectivity index (χ1v) is 8.31. The van der Waals surface area contributed by atoms with Gasteiger partial charge >= 0.3 is 0 Å². The third-order valence-corrected chi connectivity index (χ3v) is 4.50. The molecule has 1 N–H and O–H groups in total. The Hall–Kier alpha value is -2.59. The summed E-state index contributed by atoms with van der Waals surface area (Å²) in [6, 6.07) is 16.2. The minimum Gasteiger partial charge on any atom is -0.494 e. The molecule has 4 rings (SSSR count). The Morgan fingerprint density at radius 1 is 1.08 bits per heavy atom. The molecule has 0 unspecified atom stereocenters. The summed E-state index contributed by atoms with van der Waals surface area (Å²) in [7, 11) is 0. The zero-order chi connectivity index (χ0) is 16.5. The number of hydrogen-bond acceptors (Lipinski definition) is 3. The van der Waals surface area contributed by atoms with Crippen LogP contribution in [-0.4, -0.2) is 16.5 Å². The molecule has 0 saturated carbocycles. The number of nitrogens with zero attached hydrogens (tertiary/aromatic N) is 1. The molecular formula is C20H20N2O2. The van der Waals surface area contributed by atoms with E-state index in [0.29, 0.717) is 13.2 Å². The van der Waals surface area contributed by atoms with E-state index >= 15 is 0 Å². The Labute approximate surface area is 140 Å². The Balaban J connectivity index is 1.62. The largest absolute Gasteiger partial charge is 0.494 e. The topological polar surface area (TPSA) is 45.3 Å². The van der Waals surface area contributed by atoms with E-state index in [4.69, 9.17) is 4.74 Å². The van der Waals surface area contributed by atoms with Gasteiger partial charge in [0.15, 0.2) is 0 Å². The third kappa shape index (κ3) is 2.81. The van der Waals surface area contributed by atoms with Crippen molar-refractivity contribution in [3.05, 3.63) is 75.6 Å². The van der Waals surface area contributed by atoms with Crippen molar-refractivity contribution in [1.82, 2.24) is 9.88 Å². The number of nitrogens with one attached hydrogen (secondary N) is 1. The number of aromatic amines is 1. The molecule has 1 aromatic heterocycles. The molecule has 2 heterocycles. The summed E-state index contributed by atoms with van der Waals surface area (Å²) in [5.41, 5.74) is 4.34. The van der Waals surface area contributed by atoms with Gasteiger partial charge in [-0.2, -0.15) is 0 Å². The van der Waals surface area contributed by atoms with Crippen LogP contribution in [0.15, 0.2) is 53.3 Å². The zero-order valence-electron chi connectivity index (χ0n) is 13.7. The van der Waals surface area contributed by atoms with Crippen LogP contribution in [0.3, 0.4) is 0 Å². The van der Waals surface area contributed by atoms with Gasteiger partial charge in [0, 0.05) is 36.1 Å². The van der Waals surface area contributed by atoms with Gasteiger partial charge in [0.25, 0.3) is 5.56 Å². The van der Waals surface area contributed by atoms with E-state index in [2.05, 4.69) is 34.1 Å². The number of fused-ring (bicyclic) bond motifs is 2. The maximum Gasteiger partial charge on any atom is 0.252 e. The molecule has 122 valence electrons. The molecule has 0 amide bonds. The summed E-state index contributed by atoms with van der Waals surface area (Å²) in [4.78, 5) is 17.7. The quantitative estimate of drug-likeness (QED) is 0.801. The minimum absolute atomic E-state index is 0.0115. The van der Waals surface area contributed by atoms with Crippen LogP contribution in [0.25, 0.3) is 10.9 Å². The average molecular weight is 320 g/mol. The van der Waals surface area contributed by atoms with E-state index < -0.39 is 0 Å². The third-order valence-electron chi connectivity index (χ3n) is 4.50. The Morgan fingerprint density at radius 3 is 2.54 bits per heavy atom. The fourth-order valence-electron chi connectivity index (χ4n) is 3.36. The van der Waals surface area contributed by atoms with Crippen molar-refractivity contribution in [3.63, 3.8) is 0 Å². The van der Waals surface area contributed by atoms with Crippen LogP contribution in [0.2, 0.25) is 0 Å². The van der Waals surface area contributed by atoms with Crippen molar-refractivity contribution in [2.75, 3.05) is 6.61 Å². The highest BCUT2D eigenvalue weighted by atomic mass is 16.5. The Morgan fingerprint density at radius 2 is 1.83 bits per heavy atom. The summed E-state index contributed by atoms with van der Waals surface area (Å²) >= 11 is 0. The standard InChI is InChI=1S/C20H20N2O2/c1-2-24-18-7-8-19-16(10-18)9-17(20(23)21-19)13-22-11-14-5-3-4-6-15(14)12-22/h3-10H,2,11-13H2,1H3,(H,21,23). The smallest absolute Gasteiger partial charge is 0.252 e. The number of benzene rings is 2. The molecule has 0 spiro atoms. The molecule has 0 aliphatic carbocycles. The van der Waals surface area contributed by atoms with Crippen molar-refractivity contribution < 1.29 is 4.74 Å². The second-order valence-electron chi connectivity index (χ2n) is 6.22. The van der Waals surface area contributed by atoms with Gasteiger partial charge in [0.2, 0.25) is 0 Å². The van der Waals surface area contributed by atoms with Gasteiger partial charge in [0.1, 0.15) is 5.75 Å². The number of aromatic nitrogens is 1. The fourth-order valence-corrected chi connectivity index (χ4v) is 3.36. The summed E-state index contributed by atoms with van der Waals surface area (Å²) < 4.78 is 5.56. The second-order valence-corrected chi connectivity index (χ2v) is 6.22. The van der Waals surface area contributed by atoms with Crippen molar-refractivity contribution in [2.24, 2.45) is 0 Å². The van der Waals surface area contributed by atoms with E-state index in [0.717, 1.165) is 35.3 Å². The Bertz CT molecular complexity index is 921. The summed E-state index contributed by atoms with van der Waals surface area (Å²) in [6.45, 7) is 5.04. The van der Waals surface area contributed by atoms with E-state index in [1.165, 1.54) is 11.1 Å². The lowest BCUT2D eigenvalue weighted by Crippen LogP contribution is -2.22. The lowest BCUT2D eigenvalue weighted by molar-refractivity contribution is 0.274. The van der Waals surface area contributed by atoms with Crippen LogP contribution in [0.4, 0.5) is 0 Å². The fraction of sp³-hybridized carbons (Fsp3) is 0.250. The predicted octanol–water partition coefficient (Wildman–Crippen LogP) is 3.44. The maximum atomic E-state index is 12.4.